The van der Waals surface area contributed by atoms with Crippen molar-refractivity contribution in [1.29, 1.82) is 0 Å². The van der Waals surface area contributed by atoms with Gasteiger partial charge in [0.05, 0.1) is 40.2 Å². The highest BCUT2D eigenvalue weighted by atomic mass is 32.1. The fraction of sp³-hybridized carbons (Fsp3) is 0.0645. The van der Waals surface area contributed by atoms with Crippen LogP contribution in [0, 0.1) is 0 Å². The molecule has 1 aromatic heterocycles. The number of hydrogen-bond acceptors (Lipinski definition) is 5. The Labute approximate surface area is 394 Å². The number of nitrogens with one attached hydrogen (secondary N) is 1. The van der Waals surface area contributed by atoms with Gasteiger partial charge >= 0.3 is 0 Å². The minimum atomic E-state index is 0.0600. The van der Waals surface area contributed by atoms with Crippen molar-refractivity contribution in [2.45, 2.75) is 12.5 Å². The molecule has 1 atom stereocenters. The van der Waals surface area contributed by atoms with Gasteiger partial charge in [-0.15, -0.1) is 11.3 Å². The van der Waals surface area contributed by atoms with E-state index in [0.717, 1.165) is 29.2 Å². The predicted molar refractivity (Wildman–Crippen MR) is 289 cm³/mol. The lowest BCUT2D eigenvalue weighted by atomic mass is 9.83. The summed E-state index contributed by atoms with van der Waals surface area (Å²) in [4.78, 5) is 7.17. The predicted octanol–water partition coefficient (Wildman–Crippen LogP) is 15.5. The Hall–Kier alpha value is -8.12. The molecule has 2 heterocycles. The van der Waals surface area contributed by atoms with E-state index in [2.05, 4.69) is 253 Å². The van der Waals surface area contributed by atoms with E-state index in [-0.39, 0.29) is 6.04 Å². The second-order valence-corrected chi connectivity index (χ2v) is 18.9. The average Bonchev–Trinajstić information content (AvgIpc) is 3.76. The Kier molecular flexibility index (Phi) is 9.26. The molecule has 0 saturated carbocycles. The number of anilines is 8. The van der Waals surface area contributed by atoms with E-state index >= 15 is 0 Å². The zero-order valence-corrected chi connectivity index (χ0v) is 38.1. The molecule has 0 bridgehead atoms. The molecule has 0 saturated heterocycles. The number of rotatable bonds is 7. The standard InChI is InChI=1S/C62H46N4S/c1-64(43-19-4-3-5-20-43)54-25-10-9-24-53(54)63-42-32-34-48-51(38-42)62(47-23-16-18-40-17-6-7-21-45(40)47)49-35-33-44(66-57-28-13-11-26-55(57)65(2)56-27-12-14-29-58(56)66)39-52(49)61(48)41-31-36-60-50(37-41)46-22-8-15-30-59(46)67-60/h3-32,34-39,44,63H,33H2,1-2H3. The van der Waals surface area contributed by atoms with Crippen LogP contribution in [0.25, 0.3) is 76.1 Å². The van der Waals surface area contributed by atoms with Gasteiger partial charge in [0.25, 0.3) is 0 Å². The molecule has 13 rings (SSSR count). The average molecular weight is 879 g/mol. The van der Waals surface area contributed by atoms with Gasteiger partial charge in [-0.1, -0.05) is 140 Å². The molecule has 5 heteroatoms. The molecular formula is C62H46N4S. The van der Waals surface area contributed by atoms with Crippen LogP contribution in [0.2, 0.25) is 0 Å². The van der Waals surface area contributed by atoms with E-state index in [1.54, 1.807) is 0 Å². The third-order valence-electron chi connectivity index (χ3n) is 14.1. The van der Waals surface area contributed by atoms with E-state index in [9.17, 15) is 0 Å². The van der Waals surface area contributed by atoms with Crippen LogP contribution < -0.4 is 30.5 Å². The van der Waals surface area contributed by atoms with Crippen molar-refractivity contribution in [1.82, 2.24) is 0 Å². The zero-order valence-electron chi connectivity index (χ0n) is 37.3. The summed E-state index contributed by atoms with van der Waals surface area (Å²) in [7, 11) is 4.33. The molecule has 11 aromatic rings. The molecule has 10 aromatic carbocycles. The lowest BCUT2D eigenvalue weighted by Gasteiger charge is -2.42. The molecule has 1 N–H and O–H groups in total. The van der Waals surface area contributed by atoms with Crippen LogP contribution >= 0.6 is 11.3 Å². The van der Waals surface area contributed by atoms with Gasteiger partial charge in [0.1, 0.15) is 0 Å². The Morgan fingerprint density at radius 1 is 0.522 bits per heavy atom. The van der Waals surface area contributed by atoms with Gasteiger partial charge in [-0.2, -0.15) is 0 Å². The van der Waals surface area contributed by atoms with Crippen LogP contribution in [-0.4, -0.2) is 20.1 Å². The highest BCUT2D eigenvalue weighted by molar-refractivity contribution is 7.25. The number of benzene rings is 10. The zero-order chi connectivity index (χ0) is 44.6. The molecule has 0 radical (unpaired) electrons. The molecule has 1 unspecified atom stereocenters. The maximum atomic E-state index is 3.91. The van der Waals surface area contributed by atoms with Crippen LogP contribution in [0.15, 0.2) is 206 Å². The van der Waals surface area contributed by atoms with Crippen molar-refractivity contribution in [3.8, 4) is 22.3 Å². The largest absolute Gasteiger partial charge is 0.354 e. The monoisotopic (exact) mass is 878 g/mol. The molecule has 320 valence electrons. The summed E-state index contributed by atoms with van der Waals surface area (Å²) in [5.74, 6) is 0. The Bertz CT molecular complexity index is 3840. The quantitative estimate of drug-likeness (QED) is 0.172. The van der Waals surface area contributed by atoms with Crippen LogP contribution in [-0.2, 0) is 0 Å². The Balaban J connectivity index is 1.10. The first-order valence-electron chi connectivity index (χ1n) is 23.1. The Morgan fingerprint density at radius 2 is 1.19 bits per heavy atom. The van der Waals surface area contributed by atoms with Gasteiger partial charge in [-0.05, 0) is 140 Å². The molecule has 4 nitrogen and oxygen atoms in total. The molecular weight excluding hydrogens is 833 g/mol. The maximum absolute atomic E-state index is 3.91. The number of para-hydroxylation sites is 7. The molecule has 0 fully saturated rings. The minimum absolute atomic E-state index is 0.0600. The summed E-state index contributed by atoms with van der Waals surface area (Å²) in [5.41, 5.74) is 14.2. The van der Waals surface area contributed by atoms with Gasteiger partial charge < -0.3 is 20.0 Å². The van der Waals surface area contributed by atoms with Gasteiger partial charge in [0.15, 0.2) is 0 Å². The molecule has 2 aliphatic rings. The highest BCUT2D eigenvalue weighted by Gasteiger charge is 2.31. The third-order valence-corrected chi connectivity index (χ3v) is 15.2. The summed E-state index contributed by atoms with van der Waals surface area (Å²) < 4.78 is 2.62. The van der Waals surface area contributed by atoms with Crippen LogP contribution in [0.3, 0.4) is 0 Å². The van der Waals surface area contributed by atoms with E-state index in [1.165, 1.54) is 97.2 Å². The molecule has 1 aliphatic carbocycles. The van der Waals surface area contributed by atoms with Gasteiger partial charge in [0, 0.05) is 45.6 Å². The fourth-order valence-corrected chi connectivity index (χ4v) is 12.0. The first-order valence-corrected chi connectivity index (χ1v) is 24.0. The van der Waals surface area contributed by atoms with E-state index < -0.39 is 0 Å². The van der Waals surface area contributed by atoms with Crippen LogP contribution in [0.5, 0.6) is 0 Å². The molecule has 0 amide bonds. The van der Waals surface area contributed by atoms with Crippen molar-refractivity contribution in [3.63, 3.8) is 0 Å². The highest BCUT2D eigenvalue weighted by Crippen LogP contribution is 2.49. The van der Waals surface area contributed by atoms with Gasteiger partial charge in [0.2, 0.25) is 0 Å². The van der Waals surface area contributed by atoms with E-state index in [1.807, 2.05) is 11.3 Å². The van der Waals surface area contributed by atoms with Crippen molar-refractivity contribution in [2.75, 3.05) is 34.1 Å². The van der Waals surface area contributed by atoms with E-state index in [0.29, 0.717) is 0 Å². The fourth-order valence-electron chi connectivity index (χ4n) is 10.9. The first-order chi connectivity index (χ1) is 33.1. The van der Waals surface area contributed by atoms with Gasteiger partial charge in [-0.3, -0.25) is 0 Å². The first kappa shape index (κ1) is 39.3. The van der Waals surface area contributed by atoms with Crippen molar-refractivity contribution in [2.24, 2.45) is 0 Å². The van der Waals surface area contributed by atoms with Crippen molar-refractivity contribution >= 4 is 111 Å². The summed E-state index contributed by atoms with van der Waals surface area (Å²) in [6, 6.07) is 75.7. The molecule has 0 spiro atoms. The smallest absolute Gasteiger partial charge is 0.0658 e. The summed E-state index contributed by atoms with van der Waals surface area (Å²) >= 11 is 1.87. The maximum Gasteiger partial charge on any atom is 0.0658 e. The molecule has 1 aliphatic heterocycles. The number of hydrogen-bond donors (Lipinski definition) is 1. The SMILES string of the molecule is CN(c1ccccc1)c1ccccc1Nc1ccc2c(-c3ccc4sc5ccccc5c4c3)c3c(c(-c4cccc5ccccc45)c2c1)=CCC(N1c2ccccc2N(C)c2ccccc21)C=3. The lowest BCUT2D eigenvalue weighted by molar-refractivity contribution is 0.828. The number of fused-ring (bicyclic) bond motifs is 8. The third kappa shape index (κ3) is 6.41. The van der Waals surface area contributed by atoms with Crippen LogP contribution in [0.1, 0.15) is 6.42 Å². The van der Waals surface area contributed by atoms with Crippen molar-refractivity contribution in [3.05, 3.63) is 217 Å². The van der Waals surface area contributed by atoms with Gasteiger partial charge in [-0.25, -0.2) is 0 Å². The Morgan fingerprint density at radius 3 is 2.01 bits per heavy atom. The topological polar surface area (TPSA) is 21.8 Å². The lowest BCUT2D eigenvalue weighted by Crippen LogP contribution is -2.41. The summed E-state index contributed by atoms with van der Waals surface area (Å²) in [5, 5.41) is 14.0. The number of nitrogens with zero attached hydrogens (tertiary/aromatic N) is 3. The van der Waals surface area contributed by atoms with Crippen LogP contribution in [0.4, 0.5) is 45.5 Å². The second-order valence-electron chi connectivity index (χ2n) is 17.8. The normalized spacial score (nSPS) is 14.1. The second kappa shape index (κ2) is 15.8. The number of thiophene rings is 1. The minimum Gasteiger partial charge on any atom is -0.354 e. The summed E-state index contributed by atoms with van der Waals surface area (Å²) in [6.07, 6.45) is 5.98. The molecule has 67 heavy (non-hydrogen) atoms. The summed E-state index contributed by atoms with van der Waals surface area (Å²) in [6.45, 7) is 0. The van der Waals surface area contributed by atoms with E-state index in [4.69, 9.17) is 0 Å². The van der Waals surface area contributed by atoms with Crippen molar-refractivity contribution < 1.29 is 0 Å².